The Balaban J connectivity index is 1.02. The average molecular weight is 741 g/mol. The molecule has 2 aliphatic carbocycles. The van der Waals surface area contributed by atoms with Gasteiger partial charge in [-0.25, -0.2) is 0 Å². The Hall–Kier alpha value is -7.69. The van der Waals surface area contributed by atoms with Gasteiger partial charge in [-0.15, -0.1) is 0 Å². The van der Waals surface area contributed by atoms with Gasteiger partial charge in [-0.1, -0.05) is 121 Å². The molecule has 8 aromatic carbocycles. The topological polar surface area (TPSA) is 36.3 Å². The number of hydrogen-bond acceptors (Lipinski definition) is 3. The summed E-state index contributed by atoms with van der Waals surface area (Å²) in [6.07, 6.45) is 1.84. The van der Waals surface area contributed by atoms with Crippen molar-refractivity contribution in [2.45, 2.75) is 5.41 Å². The van der Waals surface area contributed by atoms with E-state index in [4.69, 9.17) is 9.47 Å². The monoisotopic (exact) mass is 740 g/mol. The summed E-state index contributed by atoms with van der Waals surface area (Å²) in [5.41, 5.74) is 17.2. The minimum atomic E-state index is -0.537. The van der Waals surface area contributed by atoms with Gasteiger partial charge in [-0.2, -0.15) is 0 Å². The molecule has 10 aromatic rings. The van der Waals surface area contributed by atoms with E-state index < -0.39 is 5.41 Å². The molecular weight excluding hydrogens is 709 g/mol. The number of fused-ring (bicyclic) bond motifs is 16. The minimum Gasteiger partial charge on any atom is -0.449 e. The van der Waals surface area contributed by atoms with Gasteiger partial charge < -0.3 is 14.0 Å². The Bertz CT molecular complexity index is 3300. The second-order valence-corrected chi connectivity index (χ2v) is 15.4. The van der Waals surface area contributed by atoms with Gasteiger partial charge in [-0.05, 0) is 117 Å². The summed E-state index contributed by atoms with van der Waals surface area (Å²) >= 11 is 0. The van der Waals surface area contributed by atoms with E-state index in [1.807, 2.05) is 42.6 Å². The van der Waals surface area contributed by atoms with E-state index >= 15 is 0 Å². The summed E-state index contributed by atoms with van der Waals surface area (Å²) in [6, 6.07) is 67.6. The Morgan fingerprint density at radius 1 is 0.414 bits per heavy atom. The number of nitrogens with zero attached hydrogens (tertiary/aromatic N) is 2. The number of rotatable bonds is 3. The molecule has 0 unspecified atom stereocenters. The molecule has 4 heteroatoms. The fourth-order valence-corrected chi connectivity index (χ4v) is 10.1. The van der Waals surface area contributed by atoms with Gasteiger partial charge in [0, 0.05) is 33.8 Å². The average Bonchev–Trinajstić information content (AvgIpc) is 3.90. The molecule has 3 aliphatic rings. The van der Waals surface area contributed by atoms with E-state index in [1.54, 1.807) is 0 Å². The normalized spacial score (nSPS) is 13.6. The van der Waals surface area contributed by atoms with E-state index in [1.165, 1.54) is 66.3 Å². The Morgan fingerprint density at radius 2 is 1.07 bits per heavy atom. The van der Waals surface area contributed by atoms with Crippen LogP contribution in [0.25, 0.3) is 72.1 Å². The van der Waals surface area contributed by atoms with Crippen LogP contribution in [-0.4, -0.2) is 9.55 Å². The van der Waals surface area contributed by atoms with Gasteiger partial charge in [0.1, 0.15) is 0 Å². The van der Waals surface area contributed by atoms with Crippen LogP contribution in [0.15, 0.2) is 194 Å². The molecule has 58 heavy (non-hydrogen) atoms. The van der Waals surface area contributed by atoms with Gasteiger partial charge >= 0.3 is 0 Å². The van der Waals surface area contributed by atoms with Crippen molar-refractivity contribution >= 4 is 21.8 Å². The summed E-state index contributed by atoms with van der Waals surface area (Å²) in [6.45, 7) is 0. The van der Waals surface area contributed by atoms with Crippen LogP contribution >= 0.6 is 0 Å². The number of benzene rings is 8. The Kier molecular flexibility index (Phi) is 6.34. The predicted molar refractivity (Wildman–Crippen MR) is 232 cm³/mol. The highest BCUT2D eigenvalue weighted by Gasteiger charge is 2.53. The van der Waals surface area contributed by atoms with E-state index in [-0.39, 0.29) is 0 Å². The molecule has 0 atom stereocenters. The van der Waals surface area contributed by atoms with Crippen molar-refractivity contribution in [2.75, 3.05) is 0 Å². The summed E-state index contributed by atoms with van der Waals surface area (Å²) in [4.78, 5) is 4.57. The van der Waals surface area contributed by atoms with Gasteiger partial charge in [-0.3, -0.25) is 4.98 Å². The third-order valence-corrected chi connectivity index (χ3v) is 12.5. The van der Waals surface area contributed by atoms with Crippen LogP contribution in [0.4, 0.5) is 0 Å². The molecule has 13 rings (SSSR count). The molecular formula is C54H32N2O2. The van der Waals surface area contributed by atoms with Gasteiger partial charge in [0.25, 0.3) is 0 Å². The lowest BCUT2D eigenvalue weighted by Gasteiger charge is -2.31. The summed E-state index contributed by atoms with van der Waals surface area (Å²) in [7, 11) is 0. The van der Waals surface area contributed by atoms with Crippen LogP contribution in [0.1, 0.15) is 22.3 Å². The quantitative estimate of drug-likeness (QED) is 0.181. The van der Waals surface area contributed by atoms with Crippen LogP contribution in [0.5, 0.6) is 23.0 Å². The zero-order valence-corrected chi connectivity index (χ0v) is 31.2. The first-order valence-corrected chi connectivity index (χ1v) is 19.8. The third kappa shape index (κ3) is 4.16. The molecule has 0 saturated heterocycles. The van der Waals surface area contributed by atoms with Crippen LogP contribution in [0.3, 0.4) is 0 Å². The first-order chi connectivity index (χ1) is 28.8. The summed E-state index contributed by atoms with van der Waals surface area (Å²) < 4.78 is 15.7. The van der Waals surface area contributed by atoms with Crippen molar-refractivity contribution in [3.8, 4) is 73.3 Å². The van der Waals surface area contributed by atoms with Crippen LogP contribution < -0.4 is 9.47 Å². The van der Waals surface area contributed by atoms with Crippen LogP contribution in [-0.2, 0) is 5.41 Å². The van der Waals surface area contributed by atoms with E-state index in [0.717, 1.165) is 51.1 Å². The van der Waals surface area contributed by atoms with Crippen molar-refractivity contribution < 1.29 is 9.47 Å². The second kappa shape index (κ2) is 11.7. The molecule has 0 amide bonds. The molecule has 1 spiro atoms. The zero-order valence-electron chi connectivity index (χ0n) is 31.2. The molecule has 2 aromatic heterocycles. The molecule has 0 saturated carbocycles. The smallest absolute Gasteiger partial charge is 0.178 e. The molecule has 0 fully saturated rings. The van der Waals surface area contributed by atoms with E-state index in [9.17, 15) is 0 Å². The maximum Gasteiger partial charge on any atom is 0.178 e. The number of aromatic nitrogens is 2. The fourth-order valence-electron chi connectivity index (χ4n) is 10.1. The van der Waals surface area contributed by atoms with Gasteiger partial charge in [0.2, 0.25) is 0 Å². The molecule has 1 aliphatic heterocycles. The Labute approximate surface area is 334 Å². The standard InChI is InChI=1S/C54H32N2O2/c1-4-14-42-37(11-1)38-12-2-5-15-43(38)54(42)44-27-29-51-53(58-50-19-8-7-18-49(50)57-51)52(44)40-26-22-35(32-45(40)54)34-23-28-48-41(31-34)39-13-3-6-17-47(39)56(48)36-24-20-33(21-25-36)46-16-9-10-30-55-46/h1-32H. The molecule has 3 heterocycles. The van der Waals surface area contributed by atoms with Gasteiger partial charge in [0.05, 0.1) is 22.1 Å². The van der Waals surface area contributed by atoms with Crippen molar-refractivity contribution in [3.05, 3.63) is 217 Å². The molecule has 4 nitrogen and oxygen atoms in total. The fraction of sp³-hybridized carbons (Fsp3) is 0.0185. The highest BCUT2D eigenvalue weighted by atomic mass is 16.6. The van der Waals surface area contributed by atoms with Crippen molar-refractivity contribution in [3.63, 3.8) is 0 Å². The zero-order chi connectivity index (χ0) is 38.0. The lowest BCUT2D eigenvalue weighted by molar-refractivity contribution is 0.360. The first kappa shape index (κ1) is 31.5. The van der Waals surface area contributed by atoms with Crippen LogP contribution in [0, 0.1) is 0 Å². The summed E-state index contributed by atoms with van der Waals surface area (Å²) in [5, 5.41) is 2.44. The van der Waals surface area contributed by atoms with Crippen molar-refractivity contribution in [2.24, 2.45) is 0 Å². The molecule has 0 N–H and O–H groups in total. The molecule has 270 valence electrons. The number of hydrogen-bond donors (Lipinski definition) is 0. The number of pyridine rings is 1. The number of para-hydroxylation sites is 3. The third-order valence-electron chi connectivity index (χ3n) is 12.5. The maximum atomic E-state index is 6.80. The van der Waals surface area contributed by atoms with Gasteiger partial charge in [0.15, 0.2) is 23.0 Å². The van der Waals surface area contributed by atoms with Crippen molar-refractivity contribution in [1.29, 1.82) is 0 Å². The lowest BCUT2D eigenvalue weighted by atomic mass is 9.70. The van der Waals surface area contributed by atoms with Crippen LogP contribution in [0.2, 0.25) is 0 Å². The van der Waals surface area contributed by atoms with E-state index in [0.29, 0.717) is 0 Å². The first-order valence-electron chi connectivity index (χ1n) is 19.8. The lowest BCUT2D eigenvalue weighted by Crippen LogP contribution is -2.26. The summed E-state index contributed by atoms with van der Waals surface area (Å²) in [5.74, 6) is 2.96. The molecule has 0 radical (unpaired) electrons. The highest BCUT2D eigenvalue weighted by molar-refractivity contribution is 6.10. The second-order valence-electron chi connectivity index (χ2n) is 15.4. The minimum absolute atomic E-state index is 0.537. The highest BCUT2D eigenvalue weighted by Crippen LogP contribution is 2.66. The largest absolute Gasteiger partial charge is 0.449 e. The number of ether oxygens (including phenoxy) is 2. The predicted octanol–water partition coefficient (Wildman–Crippen LogP) is 13.8. The SMILES string of the molecule is c1ccc(-c2ccc(-n3c4ccccc4c4cc(-c5ccc6c(c5)C5(c7ccccc7-c7ccccc75)c5ccc7c(c5-6)Oc5ccccc5O7)ccc43)cc2)nc1. The van der Waals surface area contributed by atoms with Crippen molar-refractivity contribution in [1.82, 2.24) is 9.55 Å². The maximum absolute atomic E-state index is 6.80. The van der Waals surface area contributed by atoms with E-state index in [2.05, 4.69) is 161 Å². The Morgan fingerprint density at radius 3 is 1.86 bits per heavy atom. The molecule has 0 bridgehead atoms.